The summed E-state index contributed by atoms with van der Waals surface area (Å²) in [5.41, 5.74) is 2.08. The maximum Gasteiger partial charge on any atom is 0.166 e. The Hall–Kier alpha value is -2.05. The molecule has 2 spiro atoms. The molecule has 0 radical (unpaired) electrons. The minimum absolute atomic E-state index is 0. The Labute approximate surface area is 226 Å². The summed E-state index contributed by atoms with van der Waals surface area (Å²) in [6.45, 7) is 3.06. The second-order valence-corrected chi connectivity index (χ2v) is 12.1. The number of ether oxygens (including phenoxy) is 3. The molecule has 2 fully saturated rings. The second kappa shape index (κ2) is 8.22. The molecule has 37 heavy (non-hydrogen) atoms. The van der Waals surface area contributed by atoms with Crippen molar-refractivity contribution in [1.82, 2.24) is 4.90 Å². The number of rotatable bonds is 6. The van der Waals surface area contributed by atoms with Gasteiger partial charge in [0.1, 0.15) is 11.7 Å². The van der Waals surface area contributed by atoms with Crippen LogP contribution in [0.1, 0.15) is 42.9 Å². The molecule has 6 aliphatic rings. The number of methoxy groups -OCH3 is 2. The molecule has 8 rings (SSSR count). The normalized spacial score (nSPS) is 37.8. The molecule has 1 saturated heterocycles. The topological polar surface area (TPSA) is 51.2 Å². The van der Waals surface area contributed by atoms with Crippen LogP contribution in [0.3, 0.4) is 0 Å². The Bertz CT molecular complexity index is 1250. The van der Waals surface area contributed by atoms with Gasteiger partial charge in [-0.2, -0.15) is 0 Å². The number of benzene rings is 2. The Morgan fingerprint density at radius 3 is 2.65 bits per heavy atom. The van der Waals surface area contributed by atoms with Gasteiger partial charge in [-0.3, -0.25) is 0 Å². The first-order chi connectivity index (χ1) is 17.3. The number of likely N-dealkylation sites (tertiary alicyclic amines) is 1. The van der Waals surface area contributed by atoms with Crippen molar-refractivity contribution < 1.29 is 19.3 Å². The molecular formula is C31H38ClNO4. The van der Waals surface area contributed by atoms with Crippen LogP contribution in [0, 0.1) is 11.3 Å². The van der Waals surface area contributed by atoms with E-state index in [0.29, 0.717) is 12.5 Å². The van der Waals surface area contributed by atoms with Gasteiger partial charge < -0.3 is 24.2 Å². The number of piperidine rings is 1. The summed E-state index contributed by atoms with van der Waals surface area (Å²) in [4.78, 5) is 2.55. The van der Waals surface area contributed by atoms with E-state index in [-0.39, 0.29) is 35.3 Å². The van der Waals surface area contributed by atoms with E-state index in [1.54, 1.807) is 14.2 Å². The number of halogens is 1. The van der Waals surface area contributed by atoms with Gasteiger partial charge in [-0.05, 0) is 69.8 Å². The van der Waals surface area contributed by atoms with Crippen molar-refractivity contribution in [2.45, 2.75) is 67.8 Å². The van der Waals surface area contributed by atoms with Crippen molar-refractivity contribution in [3.8, 4) is 11.5 Å². The molecule has 6 heteroatoms. The quantitative estimate of drug-likeness (QED) is 0.555. The van der Waals surface area contributed by atoms with E-state index in [0.717, 1.165) is 43.7 Å². The number of nitrogens with zero attached hydrogens (tertiary/aromatic N) is 1. The number of likely N-dealkylation sites (N-methyl/N-ethyl adjacent to an activating group) is 1. The molecule has 4 bridgehead atoms. The highest BCUT2D eigenvalue weighted by molar-refractivity contribution is 5.85. The summed E-state index contributed by atoms with van der Waals surface area (Å²) in [7, 11) is 5.81. The van der Waals surface area contributed by atoms with Crippen LogP contribution in [0.4, 0.5) is 0 Å². The van der Waals surface area contributed by atoms with Crippen LogP contribution < -0.4 is 9.47 Å². The van der Waals surface area contributed by atoms with Crippen LogP contribution in [-0.2, 0) is 23.0 Å². The lowest BCUT2D eigenvalue weighted by Gasteiger charge is -2.72. The number of aryl methyl sites for hydroxylation is 1. The van der Waals surface area contributed by atoms with E-state index in [1.165, 1.54) is 16.7 Å². The Kier molecular flexibility index (Phi) is 5.61. The van der Waals surface area contributed by atoms with Gasteiger partial charge in [-0.1, -0.05) is 48.6 Å². The van der Waals surface area contributed by atoms with Crippen molar-refractivity contribution >= 4 is 12.4 Å². The van der Waals surface area contributed by atoms with Gasteiger partial charge in [-0.25, -0.2) is 0 Å². The smallest absolute Gasteiger partial charge is 0.166 e. The Balaban J connectivity index is 0.00000252. The van der Waals surface area contributed by atoms with Crippen molar-refractivity contribution in [2.75, 3.05) is 27.8 Å². The van der Waals surface area contributed by atoms with E-state index < -0.39 is 11.2 Å². The fourth-order valence-corrected chi connectivity index (χ4v) is 9.13. The SMILES string of the molecule is COc1ccc2c3c1O[C@H]1[C@@]4(OC)C=C[C@@]5(C[C@@H]4[C@](C)(O)CCc4ccccc4)[C@@H](C2)N(C)CC[C@]315.Cl. The van der Waals surface area contributed by atoms with E-state index in [9.17, 15) is 5.11 Å². The Morgan fingerprint density at radius 1 is 1.14 bits per heavy atom. The Morgan fingerprint density at radius 2 is 1.92 bits per heavy atom. The van der Waals surface area contributed by atoms with E-state index >= 15 is 0 Å². The highest BCUT2D eigenvalue weighted by Crippen LogP contribution is 2.75. The molecule has 7 atom stereocenters. The maximum absolute atomic E-state index is 12.2. The lowest BCUT2D eigenvalue weighted by molar-refractivity contribution is -0.247. The minimum atomic E-state index is -0.916. The average Bonchev–Trinajstić information content (AvgIpc) is 3.27. The molecular weight excluding hydrogens is 486 g/mol. The molecule has 198 valence electrons. The van der Waals surface area contributed by atoms with Crippen molar-refractivity contribution in [3.63, 3.8) is 0 Å². The number of hydrogen-bond acceptors (Lipinski definition) is 5. The van der Waals surface area contributed by atoms with Crippen molar-refractivity contribution in [1.29, 1.82) is 0 Å². The average molecular weight is 524 g/mol. The highest BCUT2D eigenvalue weighted by Gasteiger charge is 2.80. The van der Waals surface area contributed by atoms with Crippen LogP contribution in [0.25, 0.3) is 0 Å². The van der Waals surface area contributed by atoms with E-state index in [4.69, 9.17) is 14.2 Å². The van der Waals surface area contributed by atoms with Crippen LogP contribution in [0.15, 0.2) is 54.6 Å². The molecule has 2 aromatic rings. The highest BCUT2D eigenvalue weighted by atomic mass is 35.5. The summed E-state index contributed by atoms with van der Waals surface area (Å²) in [6.07, 6.45) is 8.97. The van der Waals surface area contributed by atoms with Crippen LogP contribution in [0.5, 0.6) is 11.5 Å². The van der Waals surface area contributed by atoms with E-state index in [1.807, 2.05) is 13.0 Å². The van der Waals surface area contributed by atoms with Crippen molar-refractivity contribution in [3.05, 3.63) is 71.3 Å². The molecule has 1 saturated carbocycles. The lowest BCUT2D eigenvalue weighted by atomic mass is 9.36. The molecule has 0 amide bonds. The predicted octanol–water partition coefficient (Wildman–Crippen LogP) is 4.72. The monoisotopic (exact) mass is 523 g/mol. The third-order valence-corrected chi connectivity index (χ3v) is 10.8. The molecule has 4 aliphatic carbocycles. The summed E-state index contributed by atoms with van der Waals surface area (Å²) in [6, 6.07) is 15.2. The molecule has 0 unspecified atom stereocenters. The first kappa shape index (κ1) is 25.2. The number of hydrogen-bond donors (Lipinski definition) is 1. The second-order valence-electron chi connectivity index (χ2n) is 12.1. The van der Waals surface area contributed by atoms with Gasteiger partial charge in [0, 0.05) is 30.0 Å². The molecule has 2 aliphatic heterocycles. The van der Waals surface area contributed by atoms with Crippen LogP contribution in [0.2, 0.25) is 0 Å². The molecule has 2 heterocycles. The molecule has 5 nitrogen and oxygen atoms in total. The standard InChI is InChI=1S/C31H37NO4.ClH/c1-28(33,13-12-20-8-6-5-7-9-20)23-19-29-14-15-31(23,35-4)27-30(29)16-17-32(2)24(29)18-21-10-11-22(34-3)26(36-27)25(21)30;/h5-11,14-15,23-24,27,33H,12-13,16-19H2,1-4H3;1H/t23-,24-,27-,28-,29-,30+,31-;/m1./s1. The van der Waals surface area contributed by atoms with Crippen molar-refractivity contribution in [2.24, 2.45) is 11.3 Å². The third kappa shape index (κ3) is 2.92. The number of fused-ring (bicyclic) bond motifs is 1. The first-order valence-corrected chi connectivity index (χ1v) is 13.4. The lowest BCUT2D eigenvalue weighted by Crippen LogP contribution is -2.80. The van der Waals surface area contributed by atoms with Gasteiger partial charge in [0.2, 0.25) is 0 Å². The summed E-state index contributed by atoms with van der Waals surface area (Å²) in [5.74, 6) is 1.63. The summed E-state index contributed by atoms with van der Waals surface area (Å²) >= 11 is 0. The largest absolute Gasteiger partial charge is 0.493 e. The van der Waals surface area contributed by atoms with Crippen LogP contribution >= 0.6 is 12.4 Å². The third-order valence-electron chi connectivity index (χ3n) is 10.8. The maximum atomic E-state index is 12.2. The molecule has 1 N–H and O–H groups in total. The zero-order valence-corrected chi connectivity index (χ0v) is 23.0. The van der Waals surface area contributed by atoms with Gasteiger partial charge in [0.15, 0.2) is 11.5 Å². The van der Waals surface area contributed by atoms with Gasteiger partial charge in [-0.15, -0.1) is 12.4 Å². The number of aliphatic hydroxyl groups is 1. The molecule has 2 aromatic carbocycles. The predicted molar refractivity (Wildman–Crippen MR) is 146 cm³/mol. The van der Waals surface area contributed by atoms with E-state index in [2.05, 4.69) is 60.5 Å². The summed E-state index contributed by atoms with van der Waals surface area (Å²) in [5, 5.41) is 12.2. The van der Waals surface area contributed by atoms with Gasteiger partial charge in [0.25, 0.3) is 0 Å². The first-order valence-electron chi connectivity index (χ1n) is 13.4. The van der Waals surface area contributed by atoms with Gasteiger partial charge >= 0.3 is 0 Å². The fourth-order valence-electron chi connectivity index (χ4n) is 9.13. The zero-order valence-electron chi connectivity index (χ0n) is 22.2. The summed E-state index contributed by atoms with van der Waals surface area (Å²) < 4.78 is 19.4. The van der Waals surface area contributed by atoms with Crippen LogP contribution in [-0.4, -0.2) is 61.2 Å². The fraction of sp³-hybridized carbons (Fsp3) is 0.548. The zero-order chi connectivity index (χ0) is 24.9. The minimum Gasteiger partial charge on any atom is -0.493 e. The van der Waals surface area contributed by atoms with Gasteiger partial charge in [0.05, 0.1) is 18.1 Å². The molecule has 0 aromatic heterocycles.